The molecule has 0 radical (unpaired) electrons. The highest BCUT2D eigenvalue weighted by Crippen LogP contribution is 2.31. The second-order valence-electron chi connectivity index (χ2n) is 8.54. The van der Waals surface area contributed by atoms with Crippen LogP contribution in [-0.4, -0.2) is 23.8 Å². The van der Waals surface area contributed by atoms with Crippen LogP contribution in [0.3, 0.4) is 0 Å². The van der Waals surface area contributed by atoms with Gasteiger partial charge in [0.2, 0.25) is 11.8 Å². The zero-order valence-electron chi connectivity index (χ0n) is 19.2. The highest BCUT2D eigenvalue weighted by atomic mass is 16.3. The average Bonchev–Trinajstić information content (AvgIpc) is 3.39. The van der Waals surface area contributed by atoms with Crippen molar-refractivity contribution < 1.29 is 18.8 Å². The number of amides is 3. The molecule has 1 saturated carbocycles. The van der Waals surface area contributed by atoms with E-state index in [0.717, 1.165) is 25.7 Å². The maximum atomic E-state index is 13.7. The quantitative estimate of drug-likeness (QED) is 0.516. The fraction of sp³-hybridized carbons (Fsp3) is 0.296. The summed E-state index contributed by atoms with van der Waals surface area (Å²) in [5, 5.41) is 5.91. The first kappa shape index (κ1) is 23.3. The number of hydrogen-bond donors (Lipinski definition) is 2. The number of anilines is 2. The van der Waals surface area contributed by atoms with Gasteiger partial charge in [0.1, 0.15) is 6.04 Å². The van der Waals surface area contributed by atoms with Gasteiger partial charge in [0.05, 0.1) is 6.26 Å². The molecule has 2 aromatic carbocycles. The Hall–Kier alpha value is -3.87. The minimum Gasteiger partial charge on any atom is -0.459 e. The van der Waals surface area contributed by atoms with Crippen molar-refractivity contribution in [1.29, 1.82) is 0 Å². The van der Waals surface area contributed by atoms with Gasteiger partial charge in [0.25, 0.3) is 5.91 Å². The molecule has 176 valence electrons. The summed E-state index contributed by atoms with van der Waals surface area (Å²) in [6, 6.07) is 18.6. The number of benzene rings is 2. The number of furan rings is 1. The molecule has 34 heavy (non-hydrogen) atoms. The molecule has 4 rings (SSSR count). The maximum Gasteiger partial charge on any atom is 0.294 e. The van der Waals surface area contributed by atoms with Gasteiger partial charge in [-0.1, -0.05) is 49.6 Å². The van der Waals surface area contributed by atoms with E-state index in [1.807, 2.05) is 30.3 Å². The number of carbonyl (C=O) groups excluding carboxylic acids is 3. The molecule has 7 nitrogen and oxygen atoms in total. The van der Waals surface area contributed by atoms with Crippen LogP contribution in [0.15, 0.2) is 77.4 Å². The van der Waals surface area contributed by atoms with Crippen LogP contribution in [0, 0.1) is 0 Å². The molecule has 1 aliphatic carbocycles. The maximum absolute atomic E-state index is 13.7. The van der Waals surface area contributed by atoms with Crippen molar-refractivity contribution in [2.45, 2.75) is 51.1 Å². The predicted molar refractivity (Wildman–Crippen MR) is 130 cm³/mol. The highest BCUT2D eigenvalue weighted by Gasteiger charge is 2.35. The van der Waals surface area contributed by atoms with E-state index in [1.54, 1.807) is 36.4 Å². The molecule has 3 amide bonds. The second kappa shape index (κ2) is 10.8. The third kappa shape index (κ3) is 5.54. The number of carbonyl (C=O) groups is 3. The smallest absolute Gasteiger partial charge is 0.294 e. The van der Waals surface area contributed by atoms with E-state index in [4.69, 9.17) is 4.42 Å². The minimum absolute atomic E-state index is 0.0927. The minimum atomic E-state index is -0.896. The summed E-state index contributed by atoms with van der Waals surface area (Å²) >= 11 is 0. The highest BCUT2D eigenvalue weighted by molar-refractivity contribution is 6.08. The molecule has 1 aliphatic rings. The van der Waals surface area contributed by atoms with Crippen LogP contribution in [0.2, 0.25) is 0 Å². The third-order valence-electron chi connectivity index (χ3n) is 5.99. The Morgan fingerprint density at radius 1 is 0.912 bits per heavy atom. The van der Waals surface area contributed by atoms with Crippen molar-refractivity contribution in [3.05, 3.63) is 84.3 Å². The van der Waals surface area contributed by atoms with Crippen LogP contribution >= 0.6 is 0 Å². The topological polar surface area (TPSA) is 91.7 Å². The number of hydrogen-bond acceptors (Lipinski definition) is 4. The largest absolute Gasteiger partial charge is 0.459 e. The van der Waals surface area contributed by atoms with Gasteiger partial charge in [-0.3, -0.25) is 19.3 Å². The number of nitrogens with one attached hydrogen (secondary N) is 2. The van der Waals surface area contributed by atoms with Gasteiger partial charge in [-0.05, 0) is 54.8 Å². The summed E-state index contributed by atoms with van der Waals surface area (Å²) in [5.41, 5.74) is 1.81. The van der Waals surface area contributed by atoms with Gasteiger partial charge >= 0.3 is 0 Å². The lowest BCUT2D eigenvalue weighted by Gasteiger charge is -2.33. The van der Waals surface area contributed by atoms with Crippen molar-refractivity contribution in [3.8, 4) is 0 Å². The Kier molecular flexibility index (Phi) is 7.42. The van der Waals surface area contributed by atoms with Gasteiger partial charge in [0.15, 0.2) is 5.76 Å². The molecule has 0 unspecified atom stereocenters. The van der Waals surface area contributed by atoms with Crippen molar-refractivity contribution in [2.75, 3.05) is 10.2 Å². The first-order valence-electron chi connectivity index (χ1n) is 11.6. The Bertz CT molecular complexity index is 1100. The summed E-state index contributed by atoms with van der Waals surface area (Å²) in [7, 11) is 0. The Labute approximate surface area is 199 Å². The average molecular weight is 460 g/mol. The normalized spacial score (nSPS) is 14.7. The summed E-state index contributed by atoms with van der Waals surface area (Å²) < 4.78 is 5.41. The first-order chi connectivity index (χ1) is 16.5. The van der Waals surface area contributed by atoms with Gasteiger partial charge < -0.3 is 15.1 Å². The first-order valence-corrected chi connectivity index (χ1v) is 11.6. The molecule has 3 aromatic rings. The molecule has 7 heteroatoms. The molecule has 2 N–H and O–H groups in total. The monoisotopic (exact) mass is 459 g/mol. The standard InChI is InChI=1S/C27H29N3O4/c1-19(31)28-22-14-16-23(17-15-22)30(27(33)24-13-8-18-34-24)25(20-9-4-2-5-10-20)26(32)29-21-11-6-3-7-12-21/h2,4-5,8-10,13-18,21,25H,3,6-7,11-12H2,1H3,(H,28,31)(H,29,32)/t25-/m0/s1. The molecule has 0 bridgehead atoms. The number of rotatable bonds is 7. The molecule has 0 spiro atoms. The Morgan fingerprint density at radius 3 is 2.24 bits per heavy atom. The lowest BCUT2D eigenvalue weighted by molar-refractivity contribution is -0.123. The fourth-order valence-electron chi connectivity index (χ4n) is 4.39. The Balaban J connectivity index is 1.74. The number of nitrogens with zero attached hydrogens (tertiary/aromatic N) is 1. The summed E-state index contributed by atoms with van der Waals surface area (Å²) in [4.78, 5) is 40.3. The van der Waals surface area contributed by atoms with Gasteiger partial charge in [-0.2, -0.15) is 0 Å². The van der Waals surface area contributed by atoms with Crippen LogP contribution < -0.4 is 15.5 Å². The van der Waals surface area contributed by atoms with E-state index in [-0.39, 0.29) is 23.6 Å². The van der Waals surface area contributed by atoms with Crippen molar-refractivity contribution in [2.24, 2.45) is 0 Å². The van der Waals surface area contributed by atoms with E-state index in [9.17, 15) is 14.4 Å². The van der Waals surface area contributed by atoms with Crippen LogP contribution in [-0.2, 0) is 9.59 Å². The van der Waals surface area contributed by atoms with Crippen LogP contribution in [0.4, 0.5) is 11.4 Å². The zero-order chi connectivity index (χ0) is 23.9. The molecule has 1 atom stereocenters. The molecule has 1 fully saturated rings. The summed E-state index contributed by atoms with van der Waals surface area (Å²) in [5.74, 6) is -0.712. The summed E-state index contributed by atoms with van der Waals surface area (Å²) in [6.07, 6.45) is 6.65. The van der Waals surface area contributed by atoms with Crippen molar-refractivity contribution in [1.82, 2.24) is 5.32 Å². The van der Waals surface area contributed by atoms with Crippen molar-refractivity contribution >= 4 is 29.1 Å². The van der Waals surface area contributed by atoms with E-state index < -0.39 is 11.9 Å². The van der Waals surface area contributed by atoms with Crippen LogP contribution in [0.5, 0.6) is 0 Å². The van der Waals surface area contributed by atoms with E-state index >= 15 is 0 Å². The second-order valence-corrected chi connectivity index (χ2v) is 8.54. The van der Waals surface area contributed by atoms with Crippen molar-refractivity contribution in [3.63, 3.8) is 0 Å². The fourth-order valence-corrected chi connectivity index (χ4v) is 4.39. The molecule has 0 saturated heterocycles. The predicted octanol–water partition coefficient (Wildman–Crippen LogP) is 5.08. The van der Waals surface area contributed by atoms with Crippen LogP contribution in [0.1, 0.15) is 61.2 Å². The van der Waals surface area contributed by atoms with Gasteiger partial charge in [-0.15, -0.1) is 0 Å². The molecule has 1 heterocycles. The third-order valence-corrected chi connectivity index (χ3v) is 5.99. The van der Waals surface area contributed by atoms with E-state index in [1.165, 1.54) is 24.5 Å². The summed E-state index contributed by atoms with van der Waals surface area (Å²) in [6.45, 7) is 1.43. The van der Waals surface area contributed by atoms with E-state index in [2.05, 4.69) is 10.6 Å². The lowest BCUT2D eigenvalue weighted by Crippen LogP contribution is -2.47. The molecule has 0 aliphatic heterocycles. The van der Waals surface area contributed by atoms with Crippen LogP contribution in [0.25, 0.3) is 0 Å². The molecular formula is C27H29N3O4. The SMILES string of the molecule is CC(=O)Nc1ccc(N(C(=O)c2ccco2)[C@H](C(=O)NC2CCCCC2)c2ccccc2)cc1. The van der Waals surface area contributed by atoms with Gasteiger partial charge in [0, 0.05) is 24.3 Å². The van der Waals surface area contributed by atoms with Gasteiger partial charge in [-0.25, -0.2) is 0 Å². The Morgan fingerprint density at radius 2 is 1.62 bits per heavy atom. The molecule has 1 aromatic heterocycles. The zero-order valence-corrected chi connectivity index (χ0v) is 19.2. The van der Waals surface area contributed by atoms with E-state index in [0.29, 0.717) is 16.9 Å². The lowest BCUT2D eigenvalue weighted by atomic mass is 9.94. The molecular weight excluding hydrogens is 430 g/mol.